The van der Waals surface area contributed by atoms with Gasteiger partial charge in [-0.2, -0.15) is 0 Å². The molecule has 98 valence electrons. The maximum atomic E-state index is 13.3. The van der Waals surface area contributed by atoms with E-state index in [4.69, 9.17) is 0 Å². The fraction of sp³-hybridized carbons (Fsp3) is 0.538. The number of nitrogens with zero attached hydrogens (tertiary/aromatic N) is 1. The molecule has 1 saturated carbocycles. The van der Waals surface area contributed by atoms with Crippen LogP contribution in [0.4, 0.5) is 4.39 Å². The molecular formula is C13H16BrFN2O. The molecule has 0 unspecified atom stereocenters. The van der Waals surface area contributed by atoms with Gasteiger partial charge < -0.3 is 5.32 Å². The standard InChI is InChI=1S/C13H16BrFN2O/c14-10-3-1-9(2-4-10)7-17-13(18)11-5-6-16-8-12(11)15/h5-6,8-10H,1-4,7H2,(H,17,18). The molecule has 0 bridgehead atoms. The van der Waals surface area contributed by atoms with Gasteiger partial charge in [0.1, 0.15) is 0 Å². The molecule has 1 aromatic rings. The zero-order valence-electron chi connectivity index (χ0n) is 10.0. The third-order valence-corrected chi connectivity index (χ3v) is 4.26. The molecular weight excluding hydrogens is 299 g/mol. The molecule has 5 heteroatoms. The third kappa shape index (κ3) is 3.51. The third-order valence-electron chi connectivity index (χ3n) is 3.34. The number of rotatable bonds is 3. The minimum Gasteiger partial charge on any atom is -0.352 e. The Bertz CT molecular complexity index is 419. The molecule has 18 heavy (non-hydrogen) atoms. The summed E-state index contributed by atoms with van der Waals surface area (Å²) in [4.78, 5) is 16.0. The summed E-state index contributed by atoms with van der Waals surface area (Å²) in [6.45, 7) is 0.625. The van der Waals surface area contributed by atoms with Crippen LogP contribution in [-0.4, -0.2) is 22.3 Å². The van der Waals surface area contributed by atoms with E-state index in [1.807, 2.05) is 0 Å². The Balaban J connectivity index is 1.84. The molecule has 0 saturated heterocycles. The lowest BCUT2D eigenvalue weighted by molar-refractivity contribution is 0.0939. The van der Waals surface area contributed by atoms with Crippen molar-refractivity contribution in [3.8, 4) is 0 Å². The van der Waals surface area contributed by atoms with Gasteiger partial charge in [0, 0.05) is 17.6 Å². The average molecular weight is 315 g/mol. The van der Waals surface area contributed by atoms with E-state index >= 15 is 0 Å². The van der Waals surface area contributed by atoms with E-state index in [0.717, 1.165) is 31.9 Å². The van der Waals surface area contributed by atoms with E-state index < -0.39 is 5.82 Å². The van der Waals surface area contributed by atoms with Crippen LogP contribution in [0.5, 0.6) is 0 Å². The van der Waals surface area contributed by atoms with Crippen molar-refractivity contribution in [3.05, 3.63) is 29.8 Å². The highest BCUT2D eigenvalue weighted by Crippen LogP contribution is 2.28. The second-order valence-corrected chi connectivity index (χ2v) is 5.98. The quantitative estimate of drug-likeness (QED) is 0.872. The number of pyridine rings is 1. The Labute approximate surface area is 114 Å². The van der Waals surface area contributed by atoms with E-state index in [2.05, 4.69) is 26.2 Å². The first-order valence-electron chi connectivity index (χ1n) is 6.18. The van der Waals surface area contributed by atoms with Crippen LogP contribution < -0.4 is 5.32 Å². The molecule has 1 aliphatic rings. The number of aromatic nitrogens is 1. The van der Waals surface area contributed by atoms with Crippen molar-refractivity contribution in [1.82, 2.24) is 10.3 Å². The van der Waals surface area contributed by atoms with Gasteiger partial charge in [0.2, 0.25) is 0 Å². The molecule has 1 aromatic heterocycles. The summed E-state index contributed by atoms with van der Waals surface area (Å²) in [5.41, 5.74) is 0.0687. The van der Waals surface area contributed by atoms with Gasteiger partial charge in [0.05, 0.1) is 11.8 Å². The number of halogens is 2. The summed E-state index contributed by atoms with van der Waals surface area (Å²) in [5.74, 6) is -0.414. The number of alkyl halides is 1. The van der Waals surface area contributed by atoms with E-state index in [0.29, 0.717) is 17.3 Å². The van der Waals surface area contributed by atoms with E-state index in [-0.39, 0.29) is 11.5 Å². The normalized spacial score (nSPS) is 23.7. The van der Waals surface area contributed by atoms with Crippen molar-refractivity contribution in [2.24, 2.45) is 5.92 Å². The van der Waals surface area contributed by atoms with Crippen LogP contribution in [0.1, 0.15) is 36.0 Å². The molecule has 0 radical (unpaired) electrons. The lowest BCUT2D eigenvalue weighted by atomic mass is 9.89. The van der Waals surface area contributed by atoms with Crippen LogP contribution in [0.2, 0.25) is 0 Å². The molecule has 0 aliphatic heterocycles. The maximum absolute atomic E-state index is 13.3. The van der Waals surface area contributed by atoms with Crippen molar-refractivity contribution < 1.29 is 9.18 Å². The van der Waals surface area contributed by atoms with Gasteiger partial charge in [-0.25, -0.2) is 4.39 Å². The molecule has 0 spiro atoms. The van der Waals surface area contributed by atoms with Crippen molar-refractivity contribution in [3.63, 3.8) is 0 Å². The van der Waals surface area contributed by atoms with Crippen LogP contribution in [0.15, 0.2) is 18.5 Å². The van der Waals surface area contributed by atoms with Crippen LogP contribution >= 0.6 is 15.9 Å². The Morgan fingerprint density at radius 2 is 2.17 bits per heavy atom. The highest BCUT2D eigenvalue weighted by molar-refractivity contribution is 9.09. The highest BCUT2D eigenvalue weighted by Gasteiger charge is 2.20. The average Bonchev–Trinajstić information content (AvgIpc) is 2.38. The zero-order chi connectivity index (χ0) is 13.0. The summed E-state index contributed by atoms with van der Waals surface area (Å²) < 4.78 is 13.3. The molecule has 1 aliphatic carbocycles. The van der Waals surface area contributed by atoms with Crippen LogP contribution in [0, 0.1) is 11.7 Å². The van der Waals surface area contributed by atoms with Gasteiger partial charge in [0.25, 0.3) is 5.91 Å². The Morgan fingerprint density at radius 3 is 2.83 bits per heavy atom. The molecule has 3 nitrogen and oxygen atoms in total. The number of hydrogen-bond donors (Lipinski definition) is 1. The molecule has 1 N–H and O–H groups in total. The summed E-state index contributed by atoms with van der Waals surface area (Å²) >= 11 is 3.60. The van der Waals surface area contributed by atoms with Crippen molar-refractivity contribution in [2.75, 3.05) is 6.54 Å². The van der Waals surface area contributed by atoms with Crippen LogP contribution in [-0.2, 0) is 0 Å². The smallest absolute Gasteiger partial charge is 0.254 e. The van der Waals surface area contributed by atoms with Gasteiger partial charge >= 0.3 is 0 Å². The second kappa shape index (κ2) is 6.27. The number of hydrogen-bond acceptors (Lipinski definition) is 2. The fourth-order valence-electron chi connectivity index (χ4n) is 2.22. The highest BCUT2D eigenvalue weighted by atomic mass is 79.9. The summed E-state index contributed by atoms with van der Waals surface area (Å²) in [5, 5.41) is 2.80. The SMILES string of the molecule is O=C(NCC1CCC(Br)CC1)c1ccncc1F. The molecule has 0 atom stereocenters. The number of carbonyl (C=O) groups is 1. The number of amides is 1. The van der Waals surface area contributed by atoms with Gasteiger partial charge in [-0.15, -0.1) is 0 Å². The molecule has 1 fully saturated rings. The summed E-state index contributed by atoms with van der Waals surface area (Å²) in [6, 6.07) is 1.40. The second-order valence-electron chi connectivity index (χ2n) is 4.68. The largest absolute Gasteiger partial charge is 0.352 e. The summed E-state index contributed by atoms with van der Waals surface area (Å²) in [7, 11) is 0. The van der Waals surface area contributed by atoms with Crippen LogP contribution in [0.3, 0.4) is 0 Å². The first-order chi connectivity index (χ1) is 8.66. The Hall–Kier alpha value is -0.970. The Morgan fingerprint density at radius 1 is 1.44 bits per heavy atom. The fourth-order valence-corrected chi connectivity index (χ4v) is 2.75. The Kier molecular flexibility index (Phi) is 4.69. The predicted octanol–water partition coefficient (Wildman–Crippen LogP) is 2.90. The van der Waals surface area contributed by atoms with Gasteiger partial charge in [-0.05, 0) is 37.7 Å². The monoisotopic (exact) mass is 314 g/mol. The zero-order valence-corrected chi connectivity index (χ0v) is 11.6. The number of nitrogens with one attached hydrogen (secondary N) is 1. The van der Waals surface area contributed by atoms with Crippen molar-refractivity contribution >= 4 is 21.8 Å². The van der Waals surface area contributed by atoms with E-state index in [1.165, 1.54) is 12.3 Å². The molecule has 2 rings (SSSR count). The van der Waals surface area contributed by atoms with Gasteiger partial charge in [-0.1, -0.05) is 15.9 Å². The predicted molar refractivity (Wildman–Crippen MR) is 71.2 cm³/mol. The minimum absolute atomic E-state index is 0.0687. The van der Waals surface area contributed by atoms with E-state index in [1.54, 1.807) is 0 Å². The van der Waals surface area contributed by atoms with Crippen LogP contribution in [0.25, 0.3) is 0 Å². The van der Waals surface area contributed by atoms with Gasteiger partial charge in [0.15, 0.2) is 5.82 Å². The topological polar surface area (TPSA) is 42.0 Å². The molecule has 1 heterocycles. The van der Waals surface area contributed by atoms with Crippen molar-refractivity contribution in [1.29, 1.82) is 0 Å². The molecule has 1 amide bonds. The number of carbonyl (C=O) groups excluding carboxylic acids is 1. The van der Waals surface area contributed by atoms with Crippen molar-refractivity contribution in [2.45, 2.75) is 30.5 Å². The maximum Gasteiger partial charge on any atom is 0.254 e. The van der Waals surface area contributed by atoms with Gasteiger partial charge in [-0.3, -0.25) is 9.78 Å². The molecule has 0 aromatic carbocycles. The lowest BCUT2D eigenvalue weighted by Gasteiger charge is -2.25. The minimum atomic E-state index is -0.570. The van der Waals surface area contributed by atoms with E-state index in [9.17, 15) is 9.18 Å². The first-order valence-corrected chi connectivity index (χ1v) is 7.10. The summed E-state index contributed by atoms with van der Waals surface area (Å²) in [6.07, 6.45) is 6.98. The lowest BCUT2D eigenvalue weighted by Crippen LogP contribution is -2.31. The first kappa shape index (κ1) is 13.5.